The lowest BCUT2D eigenvalue weighted by Crippen LogP contribution is -2.42. The molecule has 0 heterocycles. The second-order valence-electron chi connectivity index (χ2n) is 5.12. The van der Waals surface area contributed by atoms with Gasteiger partial charge in [0, 0.05) is 10.6 Å². The normalized spacial score (nSPS) is 11.4. The predicted molar refractivity (Wildman–Crippen MR) is 93.8 cm³/mol. The number of hydrogen-bond donors (Lipinski definition) is 3. The Hall–Kier alpha value is -2.87. The molecule has 0 saturated heterocycles. The minimum atomic E-state index is -0.835. The Morgan fingerprint density at radius 3 is 2.36 bits per heavy atom. The molecule has 0 aromatic heterocycles. The zero-order chi connectivity index (χ0) is 18.4. The van der Waals surface area contributed by atoms with E-state index in [1.165, 1.54) is 37.3 Å². The second kappa shape index (κ2) is 8.29. The zero-order valence-electron chi connectivity index (χ0n) is 13.3. The van der Waals surface area contributed by atoms with E-state index in [1.807, 2.05) is 0 Å². The third kappa shape index (κ3) is 5.32. The van der Waals surface area contributed by atoms with Gasteiger partial charge in [0.25, 0.3) is 11.1 Å². The lowest BCUT2D eigenvalue weighted by molar-refractivity contribution is -0.119. The standard InChI is InChI=1S/C17H16FN3O3S/c1-10(15(19)22)20-16(23)13-4-2-3-5-14(13)25-17(24)21-12-8-6-11(18)7-9-12/h2-10H,1H3,(H2,19,22)(H,20,23)(H,21,24)/t10-/m0/s1. The van der Waals surface area contributed by atoms with E-state index < -0.39 is 28.9 Å². The minimum Gasteiger partial charge on any atom is -0.368 e. The van der Waals surface area contributed by atoms with Crippen LogP contribution in [0.15, 0.2) is 53.4 Å². The van der Waals surface area contributed by atoms with Gasteiger partial charge in [-0.1, -0.05) is 12.1 Å². The Balaban J connectivity index is 2.09. The molecule has 130 valence electrons. The van der Waals surface area contributed by atoms with E-state index in [9.17, 15) is 18.8 Å². The first-order chi connectivity index (χ1) is 11.9. The van der Waals surface area contributed by atoms with Gasteiger partial charge in [0.05, 0.1) is 5.56 Å². The first kappa shape index (κ1) is 18.5. The number of carbonyl (C=O) groups excluding carboxylic acids is 3. The monoisotopic (exact) mass is 361 g/mol. The zero-order valence-corrected chi connectivity index (χ0v) is 14.1. The lowest BCUT2D eigenvalue weighted by atomic mass is 10.2. The fraction of sp³-hybridized carbons (Fsp3) is 0.118. The summed E-state index contributed by atoms with van der Waals surface area (Å²) < 4.78 is 12.9. The Kier molecular flexibility index (Phi) is 6.13. The maximum atomic E-state index is 12.9. The molecule has 0 aliphatic heterocycles. The molecule has 0 unspecified atom stereocenters. The van der Waals surface area contributed by atoms with Crippen LogP contribution in [0.4, 0.5) is 14.9 Å². The molecule has 0 saturated carbocycles. The highest BCUT2D eigenvalue weighted by atomic mass is 32.2. The van der Waals surface area contributed by atoms with Crippen molar-refractivity contribution in [2.75, 3.05) is 5.32 Å². The average Bonchev–Trinajstić information content (AvgIpc) is 2.57. The summed E-state index contributed by atoms with van der Waals surface area (Å²) in [5.74, 6) is -1.58. The SMILES string of the molecule is C[C@H](NC(=O)c1ccccc1SC(=O)Nc1ccc(F)cc1)C(N)=O. The molecule has 6 nitrogen and oxygen atoms in total. The molecule has 8 heteroatoms. The largest absolute Gasteiger partial charge is 0.368 e. The van der Waals surface area contributed by atoms with Crippen LogP contribution in [0, 0.1) is 5.82 Å². The van der Waals surface area contributed by atoms with Gasteiger partial charge in [0.2, 0.25) is 5.91 Å². The summed E-state index contributed by atoms with van der Waals surface area (Å²) in [6.45, 7) is 1.47. The highest BCUT2D eigenvalue weighted by Gasteiger charge is 2.18. The molecule has 25 heavy (non-hydrogen) atoms. The number of carbonyl (C=O) groups is 3. The van der Waals surface area contributed by atoms with Crippen LogP contribution in [0.5, 0.6) is 0 Å². The maximum absolute atomic E-state index is 12.9. The number of amides is 3. The van der Waals surface area contributed by atoms with Gasteiger partial charge in [-0.05, 0) is 55.1 Å². The number of nitrogens with one attached hydrogen (secondary N) is 2. The van der Waals surface area contributed by atoms with Crippen LogP contribution in [0.25, 0.3) is 0 Å². The number of hydrogen-bond acceptors (Lipinski definition) is 4. The summed E-state index contributed by atoms with van der Waals surface area (Å²) in [4.78, 5) is 35.9. The average molecular weight is 361 g/mol. The first-order valence-electron chi connectivity index (χ1n) is 7.30. The van der Waals surface area contributed by atoms with Gasteiger partial charge in [0.15, 0.2) is 0 Å². The van der Waals surface area contributed by atoms with Crippen molar-refractivity contribution in [3.8, 4) is 0 Å². The van der Waals surface area contributed by atoms with Crippen molar-refractivity contribution in [2.45, 2.75) is 17.9 Å². The smallest absolute Gasteiger partial charge is 0.288 e. The molecule has 0 aliphatic carbocycles. The van der Waals surface area contributed by atoms with Gasteiger partial charge in [-0.25, -0.2) is 4.39 Å². The van der Waals surface area contributed by atoms with Crippen LogP contribution in [0.1, 0.15) is 17.3 Å². The fourth-order valence-corrected chi connectivity index (χ4v) is 2.65. The van der Waals surface area contributed by atoms with Crippen molar-refractivity contribution < 1.29 is 18.8 Å². The van der Waals surface area contributed by atoms with Gasteiger partial charge in [-0.3, -0.25) is 14.4 Å². The van der Waals surface area contributed by atoms with Crippen LogP contribution in [-0.2, 0) is 4.79 Å². The minimum absolute atomic E-state index is 0.245. The third-order valence-electron chi connectivity index (χ3n) is 3.20. The fourth-order valence-electron chi connectivity index (χ4n) is 1.87. The number of rotatable bonds is 5. The summed E-state index contributed by atoms with van der Waals surface area (Å²) in [6, 6.07) is 11.0. The Bertz CT molecular complexity index is 796. The van der Waals surface area contributed by atoms with Crippen molar-refractivity contribution in [3.05, 3.63) is 59.9 Å². The van der Waals surface area contributed by atoms with E-state index in [-0.39, 0.29) is 5.56 Å². The molecule has 0 spiro atoms. The Morgan fingerprint density at radius 2 is 1.72 bits per heavy atom. The number of nitrogens with two attached hydrogens (primary N) is 1. The third-order valence-corrected chi connectivity index (χ3v) is 4.06. The van der Waals surface area contributed by atoms with Crippen LogP contribution < -0.4 is 16.4 Å². The summed E-state index contributed by atoms with van der Waals surface area (Å²) in [7, 11) is 0. The van der Waals surface area contributed by atoms with E-state index in [0.29, 0.717) is 10.6 Å². The molecule has 0 aliphatic rings. The number of halogens is 1. The van der Waals surface area contributed by atoms with E-state index >= 15 is 0 Å². The van der Waals surface area contributed by atoms with Crippen molar-refractivity contribution in [2.24, 2.45) is 5.73 Å². The van der Waals surface area contributed by atoms with Gasteiger partial charge < -0.3 is 16.4 Å². The first-order valence-corrected chi connectivity index (χ1v) is 8.12. The van der Waals surface area contributed by atoms with Gasteiger partial charge in [-0.2, -0.15) is 0 Å². The van der Waals surface area contributed by atoms with E-state index in [2.05, 4.69) is 10.6 Å². The Morgan fingerprint density at radius 1 is 1.08 bits per heavy atom. The number of primary amides is 1. The summed E-state index contributed by atoms with van der Waals surface area (Å²) in [5.41, 5.74) is 5.81. The van der Waals surface area contributed by atoms with Gasteiger partial charge >= 0.3 is 0 Å². The number of anilines is 1. The van der Waals surface area contributed by atoms with Crippen LogP contribution in [0.3, 0.4) is 0 Å². The second-order valence-corrected chi connectivity index (χ2v) is 6.13. The molecule has 2 rings (SSSR count). The van der Waals surface area contributed by atoms with Crippen LogP contribution in [-0.4, -0.2) is 23.1 Å². The topological polar surface area (TPSA) is 101 Å². The molecule has 2 aromatic rings. The summed E-state index contributed by atoms with van der Waals surface area (Å²) in [6.07, 6.45) is 0. The van der Waals surface area contributed by atoms with Crippen molar-refractivity contribution in [3.63, 3.8) is 0 Å². The van der Waals surface area contributed by atoms with Gasteiger partial charge in [0.1, 0.15) is 11.9 Å². The molecular formula is C17H16FN3O3S. The number of thioether (sulfide) groups is 1. The molecule has 0 bridgehead atoms. The maximum Gasteiger partial charge on any atom is 0.288 e. The predicted octanol–water partition coefficient (Wildman–Crippen LogP) is 2.75. The quantitative estimate of drug-likeness (QED) is 0.713. The Labute approximate surface area is 148 Å². The lowest BCUT2D eigenvalue weighted by Gasteiger charge is -2.12. The van der Waals surface area contributed by atoms with E-state index in [1.54, 1.807) is 18.2 Å². The highest BCUT2D eigenvalue weighted by molar-refractivity contribution is 8.14. The number of benzene rings is 2. The van der Waals surface area contributed by atoms with Gasteiger partial charge in [-0.15, -0.1) is 0 Å². The van der Waals surface area contributed by atoms with Crippen LogP contribution >= 0.6 is 11.8 Å². The molecule has 0 fully saturated rings. The van der Waals surface area contributed by atoms with E-state index in [4.69, 9.17) is 5.73 Å². The molecule has 0 radical (unpaired) electrons. The van der Waals surface area contributed by atoms with E-state index in [0.717, 1.165) is 11.8 Å². The highest BCUT2D eigenvalue weighted by Crippen LogP contribution is 2.25. The van der Waals surface area contributed by atoms with Crippen molar-refractivity contribution in [1.29, 1.82) is 0 Å². The summed E-state index contributed by atoms with van der Waals surface area (Å²) >= 11 is 0.812. The molecule has 3 amide bonds. The van der Waals surface area contributed by atoms with Crippen molar-refractivity contribution >= 4 is 34.5 Å². The molecule has 1 atom stereocenters. The molecule has 4 N–H and O–H groups in total. The van der Waals surface area contributed by atoms with Crippen molar-refractivity contribution in [1.82, 2.24) is 5.32 Å². The summed E-state index contributed by atoms with van der Waals surface area (Å²) in [5, 5.41) is 4.62. The van der Waals surface area contributed by atoms with Crippen LogP contribution in [0.2, 0.25) is 0 Å². The molecular weight excluding hydrogens is 345 g/mol. The molecule has 2 aromatic carbocycles.